The van der Waals surface area contributed by atoms with Gasteiger partial charge in [0.05, 0.1) is 0 Å². The minimum atomic E-state index is -0.748. The number of benzene rings is 2. The monoisotopic (exact) mass is 451 g/mol. The molecule has 0 saturated carbocycles. The number of carbonyl (C=O) groups is 2. The summed E-state index contributed by atoms with van der Waals surface area (Å²) >= 11 is 0. The second-order valence-electron chi connectivity index (χ2n) is 8.77. The highest BCUT2D eigenvalue weighted by Gasteiger charge is 2.19. The number of amides is 1. The first-order valence-corrected chi connectivity index (χ1v) is 11.0. The number of rotatable bonds is 8. The van der Waals surface area contributed by atoms with Gasteiger partial charge in [0.15, 0.2) is 6.61 Å². The van der Waals surface area contributed by atoms with E-state index in [0.29, 0.717) is 17.7 Å². The van der Waals surface area contributed by atoms with E-state index in [4.69, 9.17) is 13.9 Å². The summed E-state index contributed by atoms with van der Waals surface area (Å²) in [6, 6.07) is 13.7. The average molecular weight is 452 g/mol. The largest absolute Gasteiger partial charge is 0.482 e. The van der Waals surface area contributed by atoms with Crippen LogP contribution in [0.4, 0.5) is 0 Å². The predicted octanol–water partition coefficient (Wildman–Crippen LogP) is 4.60. The van der Waals surface area contributed by atoms with E-state index in [-0.39, 0.29) is 28.9 Å². The van der Waals surface area contributed by atoms with Crippen molar-refractivity contribution in [3.8, 4) is 11.5 Å². The maximum Gasteiger partial charge on any atom is 0.349 e. The standard InChI is InChI=1S/C26H29NO6/c1-5-6-13-27-24(29)19-14-17-11-12-18(15-22(17)33-25(19)30)32-23(28)16-31-21-10-8-7-9-20(21)26(2,3)4/h7-12,14-15H,5-6,13,16H2,1-4H3,(H,27,29). The molecule has 0 aliphatic heterocycles. The zero-order valence-corrected chi connectivity index (χ0v) is 19.4. The van der Waals surface area contributed by atoms with Gasteiger partial charge in [-0.25, -0.2) is 9.59 Å². The van der Waals surface area contributed by atoms with E-state index in [0.717, 1.165) is 18.4 Å². The first-order chi connectivity index (χ1) is 15.7. The lowest BCUT2D eigenvalue weighted by Gasteiger charge is -2.22. The topological polar surface area (TPSA) is 94.8 Å². The van der Waals surface area contributed by atoms with Crippen molar-refractivity contribution < 1.29 is 23.5 Å². The van der Waals surface area contributed by atoms with Gasteiger partial charge < -0.3 is 19.2 Å². The van der Waals surface area contributed by atoms with Crippen molar-refractivity contribution in [1.82, 2.24) is 5.32 Å². The van der Waals surface area contributed by atoms with E-state index in [2.05, 4.69) is 26.1 Å². The number of ether oxygens (including phenoxy) is 2. The summed E-state index contributed by atoms with van der Waals surface area (Å²) in [5.41, 5.74) is 0.257. The summed E-state index contributed by atoms with van der Waals surface area (Å²) < 4.78 is 16.3. The molecule has 0 bridgehead atoms. The van der Waals surface area contributed by atoms with E-state index in [1.165, 1.54) is 12.1 Å². The van der Waals surface area contributed by atoms with E-state index in [9.17, 15) is 14.4 Å². The summed E-state index contributed by atoms with van der Waals surface area (Å²) in [7, 11) is 0. The number of hydrogen-bond acceptors (Lipinski definition) is 6. The molecule has 1 N–H and O–H groups in total. The van der Waals surface area contributed by atoms with E-state index < -0.39 is 17.5 Å². The van der Waals surface area contributed by atoms with Gasteiger partial charge in [-0.05, 0) is 41.7 Å². The molecular weight excluding hydrogens is 422 g/mol. The van der Waals surface area contributed by atoms with Crippen molar-refractivity contribution in [1.29, 1.82) is 0 Å². The fourth-order valence-electron chi connectivity index (χ4n) is 3.30. The molecule has 0 saturated heterocycles. The van der Waals surface area contributed by atoms with Gasteiger partial charge >= 0.3 is 11.6 Å². The molecule has 174 valence electrons. The number of carbonyl (C=O) groups excluding carboxylic acids is 2. The van der Waals surface area contributed by atoms with Gasteiger partial charge in [-0.3, -0.25) is 4.79 Å². The Morgan fingerprint density at radius 2 is 1.82 bits per heavy atom. The van der Waals surface area contributed by atoms with Gasteiger partial charge in [-0.2, -0.15) is 0 Å². The van der Waals surface area contributed by atoms with Crippen molar-refractivity contribution in [3.63, 3.8) is 0 Å². The van der Waals surface area contributed by atoms with Crippen LogP contribution in [0.5, 0.6) is 11.5 Å². The molecule has 0 spiro atoms. The molecule has 1 aromatic heterocycles. The molecule has 0 aliphatic carbocycles. The third kappa shape index (κ3) is 6.22. The van der Waals surface area contributed by atoms with Crippen molar-refractivity contribution in [3.05, 3.63) is 70.1 Å². The van der Waals surface area contributed by atoms with Crippen LogP contribution < -0.4 is 20.4 Å². The normalized spacial score (nSPS) is 11.3. The van der Waals surface area contributed by atoms with Crippen LogP contribution in [-0.4, -0.2) is 25.0 Å². The Labute approximate surface area is 192 Å². The number of nitrogens with one attached hydrogen (secondary N) is 1. The summed E-state index contributed by atoms with van der Waals surface area (Å²) in [6.45, 7) is 8.43. The second-order valence-corrected chi connectivity index (χ2v) is 8.77. The first-order valence-electron chi connectivity index (χ1n) is 11.0. The lowest BCUT2D eigenvalue weighted by Crippen LogP contribution is -2.28. The van der Waals surface area contributed by atoms with Gasteiger partial charge in [0.2, 0.25) is 0 Å². The van der Waals surface area contributed by atoms with Crippen LogP contribution in [0.25, 0.3) is 11.0 Å². The first kappa shape index (κ1) is 24.0. The van der Waals surface area contributed by atoms with Crippen molar-refractivity contribution >= 4 is 22.8 Å². The summed E-state index contributed by atoms with van der Waals surface area (Å²) in [5, 5.41) is 3.25. The molecule has 7 nitrogen and oxygen atoms in total. The highest BCUT2D eigenvalue weighted by atomic mass is 16.6. The molecule has 0 radical (unpaired) electrons. The van der Waals surface area contributed by atoms with Crippen LogP contribution in [0.15, 0.2) is 57.7 Å². The van der Waals surface area contributed by atoms with Crippen LogP contribution in [0.2, 0.25) is 0 Å². The van der Waals surface area contributed by atoms with Gasteiger partial charge in [-0.1, -0.05) is 52.3 Å². The Hall–Kier alpha value is -3.61. The van der Waals surface area contributed by atoms with Gasteiger partial charge in [0, 0.05) is 18.0 Å². The summed E-state index contributed by atoms with van der Waals surface area (Å²) in [6.07, 6.45) is 1.76. The third-order valence-corrected chi connectivity index (χ3v) is 5.04. The maximum atomic E-state index is 12.3. The van der Waals surface area contributed by atoms with Crippen LogP contribution in [0.1, 0.15) is 56.5 Å². The molecule has 0 atom stereocenters. The zero-order valence-electron chi connectivity index (χ0n) is 19.4. The molecule has 0 aliphatic rings. The van der Waals surface area contributed by atoms with E-state index in [1.54, 1.807) is 12.1 Å². The number of esters is 1. The highest BCUT2D eigenvalue weighted by Crippen LogP contribution is 2.31. The number of para-hydroxylation sites is 1. The highest BCUT2D eigenvalue weighted by molar-refractivity contribution is 5.96. The van der Waals surface area contributed by atoms with Crippen LogP contribution in [0.3, 0.4) is 0 Å². The molecule has 1 heterocycles. The van der Waals surface area contributed by atoms with E-state index >= 15 is 0 Å². The molecule has 3 rings (SSSR count). The molecule has 7 heteroatoms. The van der Waals surface area contributed by atoms with Crippen molar-refractivity contribution in [2.75, 3.05) is 13.2 Å². The number of unbranched alkanes of at least 4 members (excludes halogenated alkanes) is 1. The predicted molar refractivity (Wildman–Crippen MR) is 126 cm³/mol. The molecule has 1 amide bonds. The fourth-order valence-corrected chi connectivity index (χ4v) is 3.30. The molecule has 0 unspecified atom stereocenters. The van der Waals surface area contributed by atoms with Crippen LogP contribution >= 0.6 is 0 Å². The van der Waals surface area contributed by atoms with Crippen LogP contribution in [0, 0.1) is 0 Å². The molecular formula is C26H29NO6. The smallest absolute Gasteiger partial charge is 0.349 e. The Kier molecular flexibility index (Phi) is 7.53. The fraction of sp³-hybridized carbons (Fsp3) is 0.346. The maximum absolute atomic E-state index is 12.3. The van der Waals surface area contributed by atoms with E-state index in [1.807, 2.05) is 31.2 Å². The van der Waals surface area contributed by atoms with Gasteiger partial charge in [0.1, 0.15) is 22.6 Å². The SMILES string of the molecule is CCCCNC(=O)c1cc2ccc(OC(=O)COc3ccccc3C(C)(C)C)cc2oc1=O. The van der Waals surface area contributed by atoms with Gasteiger partial charge in [-0.15, -0.1) is 0 Å². The van der Waals surface area contributed by atoms with Crippen molar-refractivity contribution in [2.45, 2.75) is 46.0 Å². The lowest BCUT2D eigenvalue weighted by molar-refractivity contribution is -0.136. The molecule has 3 aromatic rings. The molecule has 2 aromatic carbocycles. The Balaban J connectivity index is 1.69. The Morgan fingerprint density at radius 1 is 1.06 bits per heavy atom. The van der Waals surface area contributed by atoms with Crippen molar-refractivity contribution in [2.24, 2.45) is 0 Å². The van der Waals surface area contributed by atoms with Crippen LogP contribution in [-0.2, 0) is 10.2 Å². The number of fused-ring (bicyclic) bond motifs is 1. The Morgan fingerprint density at radius 3 is 2.55 bits per heavy atom. The quantitative estimate of drug-likeness (QED) is 0.233. The summed E-state index contributed by atoms with van der Waals surface area (Å²) in [5.74, 6) is -0.227. The third-order valence-electron chi connectivity index (χ3n) is 5.04. The van der Waals surface area contributed by atoms with Gasteiger partial charge in [0.25, 0.3) is 5.91 Å². The second kappa shape index (κ2) is 10.3. The lowest BCUT2D eigenvalue weighted by atomic mass is 9.86. The minimum absolute atomic E-state index is 0.0609. The average Bonchev–Trinajstić information content (AvgIpc) is 2.77. The summed E-state index contributed by atoms with van der Waals surface area (Å²) in [4.78, 5) is 36.8. The minimum Gasteiger partial charge on any atom is -0.482 e. The zero-order chi connectivity index (χ0) is 24.0. The molecule has 0 fully saturated rings. The Bertz CT molecular complexity index is 1210. The number of hydrogen-bond donors (Lipinski definition) is 1. The molecule has 33 heavy (non-hydrogen) atoms.